The third-order valence-corrected chi connectivity index (χ3v) is 3.85. The summed E-state index contributed by atoms with van der Waals surface area (Å²) in [6.45, 7) is 5.27. The molecule has 18 heavy (non-hydrogen) atoms. The van der Waals surface area contributed by atoms with Crippen molar-refractivity contribution in [1.82, 2.24) is 4.90 Å². The number of aliphatic hydroxyl groups excluding tert-OH is 2. The molecular weight excluding hydrogens is 226 g/mol. The van der Waals surface area contributed by atoms with Crippen LogP contribution in [0.25, 0.3) is 0 Å². The lowest BCUT2D eigenvalue weighted by Crippen LogP contribution is -2.29. The second-order valence-corrected chi connectivity index (χ2v) is 5.43. The second-order valence-electron chi connectivity index (χ2n) is 5.43. The Morgan fingerprint density at radius 3 is 2.67 bits per heavy atom. The van der Waals surface area contributed by atoms with Crippen molar-refractivity contribution in [1.29, 1.82) is 0 Å². The SMILES string of the molecule is CC(CN1CCC(CO)C1)C(O)c1ccccc1. The Morgan fingerprint density at radius 2 is 2.06 bits per heavy atom. The summed E-state index contributed by atoms with van der Waals surface area (Å²) in [4.78, 5) is 2.34. The monoisotopic (exact) mass is 249 g/mol. The molecule has 1 aliphatic heterocycles. The standard InChI is InChI=1S/C15H23NO2/c1-12(9-16-8-7-13(10-16)11-17)15(18)14-5-3-2-4-6-14/h2-6,12-13,15,17-18H,7-11H2,1H3. The van der Waals surface area contributed by atoms with E-state index in [2.05, 4.69) is 11.8 Å². The van der Waals surface area contributed by atoms with Crippen molar-refractivity contribution >= 4 is 0 Å². The molecule has 0 spiro atoms. The first-order valence-electron chi connectivity index (χ1n) is 6.77. The van der Waals surface area contributed by atoms with Gasteiger partial charge >= 0.3 is 0 Å². The highest BCUT2D eigenvalue weighted by molar-refractivity contribution is 5.17. The molecule has 1 aliphatic rings. The van der Waals surface area contributed by atoms with Gasteiger partial charge in [0.15, 0.2) is 0 Å². The Kier molecular flexibility index (Phi) is 4.75. The van der Waals surface area contributed by atoms with Crippen molar-refractivity contribution in [2.45, 2.75) is 19.4 Å². The van der Waals surface area contributed by atoms with Crippen LogP contribution in [0.5, 0.6) is 0 Å². The van der Waals surface area contributed by atoms with Gasteiger partial charge in [-0.15, -0.1) is 0 Å². The maximum Gasteiger partial charge on any atom is 0.0827 e. The summed E-state index contributed by atoms with van der Waals surface area (Å²) in [5.41, 5.74) is 0.989. The average Bonchev–Trinajstić information content (AvgIpc) is 2.86. The maximum atomic E-state index is 10.3. The Bertz CT molecular complexity index is 355. The van der Waals surface area contributed by atoms with Crippen molar-refractivity contribution in [3.8, 4) is 0 Å². The molecule has 0 saturated carbocycles. The number of nitrogens with zero attached hydrogens (tertiary/aromatic N) is 1. The van der Waals surface area contributed by atoms with Crippen molar-refractivity contribution in [3.63, 3.8) is 0 Å². The summed E-state index contributed by atoms with van der Waals surface area (Å²) in [5, 5.41) is 19.4. The summed E-state index contributed by atoms with van der Waals surface area (Å²) in [6, 6.07) is 9.84. The van der Waals surface area contributed by atoms with Gasteiger partial charge in [-0.2, -0.15) is 0 Å². The quantitative estimate of drug-likeness (QED) is 0.834. The van der Waals surface area contributed by atoms with E-state index in [1.54, 1.807) is 0 Å². The molecule has 1 aromatic rings. The molecule has 0 bridgehead atoms. The Hall–Kier alpha value is -0.900. The van der Waals surface area contributed by atoms with Crippen molar-refractivity contribution in [3.05, 3.63) is 35.9 Å². The van der Waals surface area contributed by atoms with Crippen molar-refractivity contribution in [2.75, 3.05) is 26.2 Å². The van der Waals surface area contributed by atoms with Gasteiger partial charge in [0.2, 0.25) is 0 Å². The van der Waals surface area contributed by atoms with E-state index in [1.165, 1.54) is 0 Å². The summed E-state index contributed by atoms with van der Waals surface area (Å²) in [5.74, 6) is 0.635. The molecule has 2 N–H and O–H groups in total. The number of rotatable bonds is 5. The van der Waals surface area contributed by atoms with Crippen LogP contribution >= 0.6 is 0 Å². The van der Waals surface area contributed by atoms with Gasteiger partial charge in [-0.05, 0) is 30.4 Å². The highest BCUT2D eigenvalue weighted by atomic mass is 16.3. The van der Waals surface area contributed by atoms with E-state index < -0.39 is 6.10 Å². The van der Waals surface area contributed by atoms with Crippen LogP contribution in [-0.4, -0.2) is 41.4 Å². The molecular formula is C15H23NO2. The van der Waals surface area contributed by atoms with Crippen molar-refractivity contribution in [2.24, 2.45) is 11.8 Å². The van der Waals surface area contributed by atoms with Gasteiger partial charge < -0.3 is 15.1 Å². The Morgan fingerprint density at radius 1 is 1.33 bits per heavy atom. The minimum absolute atomic E-state index is 0.213. The minimum atomic E-state index is -0.403. The molecule has 0 amide bonds. The molecule has 0 aromatic heterocycles. The van der Waals surface area contributed by atoms with Crippen LogP contribution in [0.2, 0.25) is 0 Å². The van der Waals surface area contributed by atoms with E-state index in [9.17, 15) is 5.11 Å². The smallest absolute Gasteiger partial charge is 0.0827 e. The Labute approximate surface area is 109 Å². The van der Waals surface area contributed by atoms with E-state index >= 15 is 0 Å². The van der Waals surface area contributed by atoms with E-state index in [0.717, 1.165) is 31.6 Å². The molecule has 3 nitrogen and oxygen atoms in total. The number of hydrogen-bond acceptors (Lipinski definition) is 3. The van der Waals surface area contributed by atoms with E-state index in [1.807, 2.05) is 30.3 Å². The predicted octanol–water partition coefficient (Wildman–Crippen LogP) is 1.67. The molecule has 0 aliphatic carbocycles. The molecule has 100 valence electrons. The van der Waals surface area contributed by atoms with Gasteiger partial charge in [-0.3, -0.25) is 0 Å². The molecule has 1 saturated heterocycles. The fourth-order valence-corrected chi connectivity index (χ4v) is 2.71. The third-order valence-electron chi connectivity index (χ3n) is 3.85. The van der Waals surface area contributed by atoms with Crippen LogP contribution in [0.1, 0.15) is 25.0 Å². The molecule has 3 heteroatoms. The fraction of sp³-hybridized carbons (Fsp3) is 0.600. The van der Waals surface area contributed by atoms with Gasteiger partial charge in [-0.1, -0.05) is 37.3 Å². The van der Waals surface area contributed by atoms with E-state index in [-0.39, 0.29) is 12.5 Å². The summed E-state index contributed by atoms with van der Waals surface area (Å²) in [6.07, 6.45) is 0.671. The van der Waals surface area contributed by atoms with Gasteiger partial charge in [0.1, 0.15) is 0 Å². The lowest BCUT2D eigenvalue weighted by atomic mass is 9.97. The van der Waals surface area contributed by atoms with Gasteiger partial charge in [0.25, 0.3) is 0 Å². The van der Waals surface area contributed by atoms with Gasteiger partial charge in [0, 0.05) is 19.7 Å². The first kappa shape index (κ1) is 13.5. The summed E-state index contributed by atoms with van der Waals surface area (Å²) < 4.78 is 0. The molecule has 1 heterocycles. The van der Waals surface area contributed by atoms with Crippen LogP contribution in [0, 0.1) is 11.8 Å². The number of aliphatic hydroxyl groups is 2. The first-order valence-corrected chi connectivity index (χ1v) is 6.77. The molecule has 3 atom stereocenters. The average molecular weight is 249 g/mol. The van der Waals surface area contributed by atoms with Crippen LogP contribution in [-0.2, 0) is 0 Å². The third kappa shape index (κ3) is 3.31. The zero-order valence-corrected chi connectivity index (χ0v) is 11.0. The fourth-order valence-electron chi connectivity index (χ4n) is 2.71. The molecule has 1 fully saturated rings. The highest BCUT2D eigenvalue weighted by Crippen LogP contribution is 2.24. The number of likely N-dealkylation sites (tertiary alicyclic amines) is 1. The zero-order valence-electron chi connectivity index (χ0n) is 11.0. The van der Waals surface area contributed by atoms with E-state index in [4.69, 9.17) is 5.11 Å². The molecule has 0 radical (unpaired) electrons. The number of hydrogen-bond donors (Lipinski definition) is 2. The Balaban J connectivity index is 1.86. The molecule has 3 unspecified atom stereocenters. The maximum absolute atomic E-state index is 10.3. The molecule has 1 aromatic carbocycles. The highest BCUT2D eigenvalue weighted by Gasteiger charge is 2.25. The zero-order chi connectivity index (χ0) is 13.0. The summed E-state index contributed by atoms with van der Waals surface area (Å²) >= 11 is 0. The number of benzene rings is 1. The molecule has 2 rings (SSSR count). The van der Waals surface area contributed by atoms with Crippen LogP contribution in [0.4, 0.5) is 0 Å². The first-order chi connectivity index (χ1) is 8.70. The van der Waals surface area contributed by atoms with Crippen LogP contribution in [0.3, 0.4) is 0 Å². The lowest BCUT2D eigenvalue weighted by molar-refractivity contribution is 0.0925. The summed E-state index contributed by atoms with van der Waals surface area (Å²) in [7, 11) is 0. The minimum Gasteiger partial charge on any atom is -0.396 e. The second kappa shape index (κ2) is 6.32. The van der Waals surface area contributed by atoms with Crippen LogP contribution in [0.15, 0.2) is 30.3 Å². The van der Waals surface area contributed by atoms with Crippen molar-refractivity contribution < 1.29 is 10.2 Å². The van der Waals surface area contributed by atoms with E-state index in [0.29, 0.717) is 5.92 Å². The predicted molar refractivity (Wildman–Crippen MR) is 72.2 cm³/mol. The lowest BCUT2D eigenvalue weighted by Gasteiger charge is -2.25. The topological polar surface area (TPSA) is 43.7 Å². The largest absolute Gasteiger partial charge is 0.396 e. The van der Waals surface area contributed by atoms with Crippen LogP contribution < -0.4 is 0 Å². The normalized spacial score (nSPS) is 24.1. The van der Waals surface area contributed by atoms with Gasteiger partial charge in [-0.25, -0.2) is 0 Å². The van der Waals surface area contributed by atoms with Gasteiger partial charge in [0.05, 0.1) is 6.10 Å².